The molecule has 0 amide bonds. The maximum atomic E-state index is 10.6. The number of nitrogens with zero attached hydrogens (tertiary/aromatic N) is 1. The van der Waals surface area contributed by atoms with Crippen molar-refractivity contribution in [2.45, 2.75) is 44.6 Å². The first-order valence-corrected chi connectivity index (χ1v) is 6.07. The van der Waals surface area contributed by atoms with Gasteiger partial charge in [-0.25, -0.2) is 4.98 Å². The Labute approximate surface area is 96.7 Å². The molecule has 1 aromatic rings. The van der Waals surface area contributed by atoms with E-state index in [0.717, 1.165) is 31.2 Å². The third-order valence-electron chi connectivity index (χ3n) is 3.77. The summed E-state index contributed by atoms with van der Waals surface area (Å²) < 4.78 is 0. The summed E-state index contributed by atoms with van der Waals surface area (Å²) in [7, 11) is 0. The van der Waals surface area contributed by atoms with Gasteiger partial charge in [0.2, 0.25) is 0 Å². The lowest BCUT2D eigenvalue weighted by Gasteiger charge is -2.29. The van der Waals surface area contributed by atoms with Crippen molar-refractivity contribution in [1.29, 1.82) is 0 Å². The van der Waals surface area contributed by atoms with Gasteiger partial charge in [-0.1, -0.05) is 19.8 Å². The van der Waals surface area contributed by atoms with Crippen LogP contribution in [0.1, 0.15) is 38.2 Å². The van der Waals surface area contributed by atoms with Gasteiger partial charge in [0.1, 0.15) is 5.82 Å². The predicted octanol–water partition coefficient (Wildman–Crippen LogP) is 2.15. The fourth-order valence-corrected chi connectivity index (χ4v) is 2.90. The number of hydrogen-bond donors (Lipinski definition) is 2. The van der Waals surface area contributed by atoms with Gasteiger partial charge < -0.3 is 10.8 Å². The van der Waals surface area contributed by atoms with Crippen LogP contribution in [0, 0.1) is 5.92 Å². The Morgan fingerprint density at radius 3 is 3.12 bits per heavy atom. The van der Waals surface area contributed by atoms with Crippen molar-refractivity contribution in [3.05, 3.63) is 23.9 Å². The molecule has 0 radical (unpaired) electrons. The van der Waals surface area contributed by atoms with E-state index in [1.165, 1.54) is 0 Å². The van der Waals surface area contributed by atoms with E-state index < -0.39 is 5.60 Å². The molecule has 0 aliphatic heterocycles. The molecule has 16 heavy (non-hydrogen) atoms. The van der Waals surface area contributed by atoms with Crippen molar-refractivity contribution in [2.75, 3.05) is 5.73 Å². The summed E-state index contributed by atoms with van der Waals surface area (Å²) in [6.07, 6.45) is 6.66. The molecule has 1 heterocycles. The van der Waals surface area contributed by atoms with Crippen LogP contribution in [0.15, 0.2) is 18.3 Å². The molecule has 0 bridgehead atoms. The number of nitrogen functional groups attached to an aromatic ring is 1. The molecule has 3 heteroatoms. The van der Waals surface area contributed by atoms with E-state index in [1.807, 2.05) is 12.1 Å². The lowest BCUT2D eigenvalue weighted by atomic mass is 9.83. The van der Waals surface area contributed by atoms with Gasteiger partial charge in [-0.05, 0) is 36.5 Å². The Morgan fingerprint density at radius 2 is 2.44 bits per heavy atom. The largest absolute Gasteiger partial charge is 0.389 e. The summed E-state index contributed by atoms with van der Waals surface area (Å²) >= 11 is 0. The van der Waals surface area contributed by atoms with Crippen molar-refractivity contribution in [3.63, 3.8) is 0 Å². The zero-order valence-electron chi connectivity index (χ0n) is 9.82. The first-order valence-electron chi connectivity index (χ1n) is 6.07. The smallest absolute Gasteiger partial charge is 0.123 e. The van der Waals surface area contributed by atoms with Gasteiger partial charge in [0, 0.05) is 12.6 Å². The van der Waals surface area contributed by atoms with E-state index in [4.69, 9.17) is 5.73 Å². The molecule has 3 N–H and O–H groups in total. The van der Waals surface area contributed by atoms with E-state index in [1.54, 1.807) is 6.20 Å². The van der Waals surface area contributed by atoms with Crippen LogP contribution in [0.2, 0.25) is 0 Å². The molecule has 0 saturated heterocycles. The van der Waals surface area contributed by atoms with Crippen LogP contribution in [-0.4, -0.2) is 15.7 Å². The van der Waals surface area contributed by atoms with Gasteiger partial charge in [0.05, 0.1) is 5.60 Å². The van der Waals surface area contributed by atoms with E-state index in [0.29, 0.717) is 18.2 Å². The number of anilines is 1. The molecule has 1 aliphatic carbocycles. The second kappa shape index (κ2) is 4.42. The third kappa shape index (κ3) is 2.19. The molecule has 88 valence electrons. The summed E-state index contributed by atoms with van der Waals surface area (Å²) in [5.74, 6) is 0.967. The number of rotatable bonds is 3. The molecule has 2 unspecified atom stereocenters. The zero-order valence-corrected chi connectivity index (χ0v) is 9.82. The summed E-state index contributed by atoms with van der Waals surface area (Å²) in [6.45, 7) is 2.15. The zero-order chi connectivity index (χ0) is 11.6. The third-order valence-corrected chi connectivity index (χ3v) is 3.77. The highest BCUT2D eigenvalue weighted by molar-refractivity contribution is 5.32. The average molecular weight is 220 g/mol. The number of nitrogens with two attached hydrogens (primary N) is 1. The topological polar surface area (TPSA) is 59.1 Å². The molecule has 0 spiro atoms. The van der Waals surface area contributed by atoms with Crippen molar-refractivity contribution in [2.24, 2.45) is 5.92 Å². The van der Waals surface area contributed by atoms with E-state index in [-0.39, 0.29) is 0 Å². The first kappa shape index (κ1) is 11.4. The molecule has 1 aromatic heterocycles. The average Bonchev–Trinajstić information content (AvgIpc) is 2.59. The standard InChI is InChI=1S/C13H20N2O/c1-2-11-4-3-6-13(11,16)9-10-5-7-15-12(14)8-10/h5,7-8,11,16H,2-4,6,9H2,1H3,(H2,14,15). The van der Waals surface area contributed by atoms with Crippen LogP contribution in [-0.2, 0) is 6.42 Å². The molecular weight excluding hydrogens is 200 g/mol. The SMILES string of the molecule is CCC1CCCC1(O)Cc1ccnc(N)c1. The van der Waals surface area contributed by atoms with Crippen LogP contribution >= 0.6 is 0 Å². The highest BCUT2D eigenvalue weighted by Crippen LogP contribution is 2.40. The predicted molar refractivity (Wildman–Crippen MR) is 64.9 cm³/mol. The van der Waals surface area contributed by atoms with Gasteiger partial charge in [-0.15, -0.1) is 0 Å². The summed E-state index contributed by atoms with van der Waals surface area (Å²) in [5, 5.41) is 10.6. The summed E-state index contributed by atoms with van der Waals surface area (Å²) in [6, 6.07) is 3.81. The Morgan fingerprint density at radius 1 is 1.62 bits per heavy atom. The molecule has 2 atom stereocenters. The van der Waals surface area contributed by atoms with E-state index >= 15 is 0 Å². The fraction of sp³-hybridized carbons (Fsp3) is 0.615. The minimum atomic E-state index is -0.525. The van der Waals surface area contributed by atoms with Gasteiger partial charge in [-0.3, -0.25) is 0 Å². The normalized spacial score (nSPS) is 29.5. The van der Waals surface area contributed by atoms with Crippen LogP contribution in [0.3, 0.4) is 0 Å². The summed E-state index contributed by atoms with van der Waals surface area (Å²) in [4.78, 5) is 3.97. The van der Waals surface area contributed by atoms with Crippen molar-refractivity contribution >= 4 is 5.82 Å². The fourth-order valence-electron chi connectivity index (χ4n) is 2.90. The van der Waals surface area contributed by atoms with Crippen LogP contribution in [0.5, 0.6) is 0 Å². The second-order valence-corrected chi connectivity index (χ2v) is 4.87. The number of hydrogen-bond acceptors (Lipinski definition) is 3. The van der Waals surface area contributed by atoms with Crippen molar-refractivity contribution in [3.8, 4) is 0 Å². The minimum absolute atomic E-state index is 0.432. The molecule has 3 nitrogen and oxygen atoms in total. The molecule has 2 rings (SSSR count). The van der Waals surface area contributed by atoms with Gasteiger partial charge >= 0.3 is 0 Å². The quantitative estimate of drug-likeness (QED) is 0.820. The highest BCUT2D eigenvalue weighted by Gasteiger charge is 2.39. The molecule has 1 fully saturated rings. The van der Waals surface area contributed by atoms with E-state index in [2.05, 4.69) is 11.9 Å². The minimum Gasteiger partial charge on any atom is -0.389 e. The van der Waals surface area contributed by atoms with Crippen molar-refractivity contribution in [1.82, 2.24) is 4.98 Å². The van der Waals surface area contributed by atoms with Gasteiger partial charge in [0.25, 0.3) is 0 Å². The second-order valence-electron chi connectivity index (χ2n) is 4.87. The highest BCUT2D eigenvalue weighted by atomic mass is 16.3. The summed E-state index contributed by atoms with van der Waals surface area (Å²) in [5.41, 5.74) is 6.22. The Hall–Kier alpha value is -1.09. The van der Waals surface area contributed by atoms with Crippen molar-refractivity contribution < 1.29 is 5.11 Å². The molecule has 0 aromatic carbocycles. The van der Waals surface area contributed by atoms with Crippen LogP contribution in [0.4, 0.5) is 5.82 Å². The van der Waals surface area contributed by atoms with Crippen LogP contribution in [0.25, 0.3) is 0 Å². The molecule has 1 aliphatic rings. The number of pyridine rings is 1. The van der Waals surface area contributed by atoms with Gasteiger partial charge in [-0.2, -0.15) is 0 Å². The molecular formula is C13H20N2O. The van der Waals surface area contributed by atoms with E-state index in [9.17, 15) is 5.11 Å². The monoisotopic (exact) mass is 220 g/mol. The Bertz CT molecular complexity index is 367. The Kier molecular flexibility index (Phi) is 3.15. The maximum absolute atomic E-state index is 10.6. The Balaban J connectivity index is 2.14. The maximum Gasteiger partial charge on any atom is 0.123 e. The number of aliphatic hydroxyl groups is 1. The lowest BCUT2D eigenvalue weighted by Crippen LogP contribution is -2.35. The number of aromatic nitrogens is 1. The molecule has 1 saturated carbocycles. The lowest BCUT2D eigenvalue weighted by molar-refractivity contribution is 0.00147. The van der Waals surface area contributed by atoms with Crippen LogP contribution < -0.4 is 5.73 Å². The van der Waals surface area contributed by atoms with Gasteiger partial charge in [0.15, 0.2) is 0 Å². The first-order chi connectivity index (χ1) is 7.64.